The van der Waals surface area contributed by atoms with Crippen LogP contribution in [0.15, 0.2) is 46.4 Å². The first-order chi connectivity index (χ1) is 8.09. The van der Waals surface area contributed by atoms with Gasteiger partial charge in [-0.15, -0.1) is 0 Å². The van der Waals surface area contributed by atoms with Crippen molar-refractivity contribution in [2.24, 2.45) is 4.99 Å². The van der Waals surface area contributed by atoms with Gasteiger partial charge in [-0.1, -0.05) is 52.8 Å². The maximum atomic E-state index is 4.53. The molecule has 0 radical (unpaired) electrons. The highest BCUT2D eigenvalue weighted by atomic mass is 79.9. The summed E-state index contributed by atoms with van der Waals surface area (Å²) in [7, 11) is 3.93. The lowest BCUT2D eigenvalue weighted by Crippen LogP contribution is -2.37. The summed E-state index contributed by atoms with van der Waals surface area (Å²) in [5, 5.41) is 3.22. The molecule has 0 fully saturated rings. The number of nitrogens with one attached hydrogen (secondary N) is 1. The van der Waals surface area contributed by atoms with E-state index in [0.717, 1.165) is 10.4 Å². The maximum absolute atomic E-state index is 4.53. The average Bonchev–Trinajstić information content (AvgIpc) is 2.29. The van der Waals surface area contributed by atoms with Gasteiger partial charge in [0.25, 0.3) is 0 Å². The Bertz CT molecular complexity index is 385. The molecule has 1 N–H and O–H groups in total. The number of guanidine groups is 1. The van der Waals surface area contributed by atoms with Crippen LogP contribution in [0, 0.1) is 0 Å². The van der Waals surface area contributed by atoms with Gasteiger partial charge in [0.15, 0.2) is 5.96 Å². The summed E-state index contributed by atoms with van der Waals surface area (Å²) >= 11 is 3.32. The molecule has 0 heterocycles. The Morgan fingerprint density at radius 2 is 2.00 bits per heavy atom. The summed E-state index contributed by atoms with van der Waals surface area (Å²) in [6.45, 7) is 5.13. The molecule has 0 amide bonds. The first-order valence-corrected chi connectivity index (χ1v) is 6.21. The highest BCUT2D eigenvalue weighted by Gasteiger charge is 2.01. The topological polar surface area (TPSA) is 27.6 Å². The maximum Gasteiger partial charge on any atom is 0.194 e. The van der Waals surface area contributed by atoms with Crippen molar-refractivity contribution < 1.29 is 0 Å². The summed E-state index contributed by atoms with van der Waals surface area (Å²) in [4.78, 5) is 6.49. The Kier molecular flexibility index (Phi) is 5.77. The standard InChI is InChI=1S/C13H18BrN3/c1-11(14)9-15-13(17(2)3)16-10-12-7-5-4-6-8-12/h4-8H,1,9-10H2,2-3H3,(H,15,16). The van der Waals surface area contributed by atoms with E-state index in [4.69, 9.17) is 0 Å². The fraction of sp³-hybridized carbons (Fsp3) is 0.308. The third-order valence-corrected chi connectivity index (χ3v) is 2.40. The molecular formula is C13H18BrN3. The number of benzene rings is 1. The van der Waals surface area contributed by atoms with Gasteiger partial charge < -0.3 is 10.2 Å². The minimum Gasteiger partial charge on any atom is -0.352 e. The van der Waals surface area contributed by atoms with Gasteiger partial charge >= 0.3 is 0 Å². The van der Waals surface area contributed by atoms with E-state index in [2.05, 4.69) is 45.0 Å². The van der Waals surface area contributed by atoms with Crippen molar-refractivity contribution in [3.8, 4) is 0 Å². The third kappa shape index (κ3) is 5.54. The summed E-state index contributed by atoms with van der Waals surface area (Å²) in [6.07, 6.45) is 0. The van der Waals surface area contributed by atoms with Gasteiger partial charge in [-0.3, -0.25) is 0 Å². The first-order valence-electron chi connectivity index (χ1n) is 5.42. The molecule has 0 saturated heterocycles. The van der Waals surface area contributed by atoms with Crippen molar-refractivity contribution in [3.63, 3.8) is 0 Å². The molecule has 17 heavy (non-hydrogen) atoms. The minimum absolute atomic E-state index is 0.672. The quantitative estimate of drug-likeness (QED) is 0.683. The molecule has 92 valence electrons. The number of aliphatic imine (C=N–C) groups is 1. The van der Waals surface area contributed by atoms with Crippen LogP contribution in [0.3, 0.4) is 0 Å². The van der Waals surface area contributed by atoms with E-state index in [0.29, 0.717) is 13.1 Å². The van der Waals surface area contributed by atoms with Gasteiger partial charge in [-0.25, -0.2) is 4.99 Å². The van der Waals surface area contributed by atoms with Crippen molar-refractivity contribution in [1.82, 2.24) is 10.2 Å². The second-order valence-electron chi connectivity index (χ2n) is 3.89. The Labute approximate surface area is 111 Å². The number of nitrogens with zero attached hydrogens (tertiary/aromatic N) is 2. The van der Waals surface area contributed by atoms with Crippen LogP contribution in [0.25, 0.3) is 0 Å². The molecule has 0 spiro atoms. The molecule has 0 aromatic heterocycles. The van der Waals surface area contributed by atoms with Gasteiger partial charge in [-0.05, 0) is 5.56 Å². The predicted octanol–water partition coefficient (Wildman–Crippen LogP) is 2.60. The summed E-state index contributed by atoms with van der Waals surface area (Å²) < 4.78 is 0.909. The molecule has 1 aromatic carbocycles. The largest absolute Gasteiger partial charge is 0.352 e. The Morgan fingerprint density at radius 3 is 2.53 bits per heavy atom. The van der Waals surface area contributed by atoms with Crippen molar-refractivity contribution in [2.45, 2.75) is 6.54 Å². The van der Waals surface area contributed by atoms with Gasteiger partial charge in [0, 0.05) is 25.1 Å². The zero-order valence-corrected chi connectivity index (χ0v) is 11.9. The SMILES string of the molecule is C=C(Br)CNC(=NCc1ccccc1)N(C)C. The van der Waals surface area contributed by atoms with Gasteiger partial charge in [0.1, 0.15) is 0 Å². The number of rotatable bonds is 4. The lowest BCUT2D eigenvalue weighted by molar-refractivity contribution is 0.586. The highest BCUT2D eigenvalue weighted by molar-refractivity contribution is 9.11. The lowest BCUT2D eigenvalue weighted by Gasteiger charge is -2.17. The summed E-state index contributed by atoms with van der Waals surface area (Å²) in [5.41, 5.74) is 1.20. The van der Waals surface area contributed by atoms with Crippen molar-refractivity contribution in [1.29, 1.82) is 0 Å². The molecule has 0 bridgehead atoms. The number of hydrogen-bond acceptors (Lipinski definition) is 1. The van der Waals surface area contributed by atoms with E-state index in [1.54, 1.807) is 0 Å². The van der Waals surface area contributed by atoms with Crippen LogP contribution >= 0.6 is 15.9 Å². The zero-order valence-electron chi connectivity index (χ0n) is 10.3. The molecule has 0 aliphatic carbocycles. The molecule has 3 nitrogen and oxygen atoms in total. The summed E-state index contributed by atoms with van der Waals surface area (Å²) in [5.74, 6) is 0.856. The second-order valence-corrected chi connectivity index (χ2v) is 5.01. The van der Waals surface area contributed by atoms with E-state index in [1.807, 2.05) is 37.2 Å². The number of halogens is 1. The number of hydrogen-bond donors (Lipinski definition) is 1. The fourth-order valence-electron chi connectivity index (χ4n) is 1.28. The van der Waals surface area contributed by atoms with E-state index >= 15 is 0 Å². The van der Waals surface area contributed by atoms with Crippen molar-refractivity contribution >= 4 is 21.9 Å². The lowest BCUT2D eigenvalue weighted by atomic mass is 10.2. The monoisotopic (exact) mass is 295 g/mol. The predicted molar refractivity (Wildman–Crippen MR) is 77.3 cm³/mol. The van der Waals surface area contributed by atoms with E-state index in [1.165, 1.54) is 5.56 Å². The first kappa shape index (κ1) is 13.8. The molecular weight excluding hydrogens is 278 g/mol. The van der Waals surface area contributed by atoms with E-state index in [9.17, 15) is 0 Å². The smallest absolute Gasteiger partial charge is 0.194 e. The minimum atomic E-state index is 0.672. The third-order valence-electron chi connectivity index (χ3n) is 2.12. The Morgan fingerprint density at radius 1 is 1.35 bits per heavy atom. The molecule has 0 aliphatic heterocycles. The fourth-order valence-corrected chi connectivity index (χ4v) is 1.42. The second kappa shape index (κ2) is 7.12. The summed E-state index contributed by atoms with van der Waals surface area (Å²) in [6, 6.07) is 10.2. The average molecular weight is 296 g/mol. The van der Waals surface area contributed by atoms with Crippen LogP contribution in [0.4, 0.5) is 0 Å². The van der Waals surface area contributed by atoms with Crippen LogP contribution in [-0.2, 0) is 6.54 Å². The van der Waals surface area contributed by atoms with Crippen LogP contribution in [0.2, 0.25) is 0 Å². The van der Waals surface area contributed by atoms with E-state index < -0.39 is 0 Å². The van der Waals surface area contributed by atoms with Crippen LogP contribution in [-0.4, -0.2) is 31.5 Å². The molecule has 1 rings (SSSR count). The van der Waals surface area contributed by atoms with Crippen LogP contribution in [0.5, 0.6) is 0 Å². The highest BCUT2D eigenvalue weighted by Crippen LogP contribution is 2.01. The zero-order chi connectivity index (χ0) is 12.7. The Balaban J connectivity index is 2.61. The molecule has 4 heteroatoms. The molecule has 1 aromatic rings. The molecule has 0 atom stereocenters. The van der Waals surface area contributed by atoms with Gasteiger partial charge in [0.05, 0.1) is 6.54 Å². The van der Waals surface area contributed by atoms with E-state index in [-0.39, 0.29) is 0 Å². The molecule has 0 aliphatic rings. The molecule has 0 unspecified atom stereocenters. The Hall–Kier alpha value is -1.29. The molecule has 0 saturated carbocycles. The van der Waals surface area contributed by atoms with Crippen molar-refractivity contribution in [3.05, 3.63) is 47.0 Å². The van der Waals surface area contributed by atoms with Gasteiger partial charge in [-0.2, -0.15) is 0 Å². The normalized spacial score (nSPS) is 11.1. The van der Waals surface area contributed by atoms with Crippen molar-refractivity contribution in [2.75, 3.05) is 20.6 Å². The van der Waals surface area contributed by atoms with Crippen LogP contribution < -0.4 is 5.32 Å². The van der Waals surface area contributed by atoms with Gasteiger partial charge in [0.2, 0.25) is 0 Å². The van der Waals surface area contributed by atoms with Crippen LogP contribution in [0.1, 0.15) is 5.56 Å².